The van der Waals surface area contributed by atoms with E-state index in [1.54, 1.807) is 30.3 Å². The van der Waals surface area contributed by atoms with Crippen molar-refractivity contribution >= 4 is 0 Å². The number of ether oxygens (including phenoxy) is 2. The zero-order valence-corrected chi connectivity index (χ0v) is 19.2. The lowest BCUT2D eigenvalue weighted by Crippen LogP contribution is -2.59. The molecule has 1 heterocycles. The van der Waals surface area contributed by atoms with Crippen molar-refractivity contribution in [3.63, 3.8) is 0 Å². The van der Waals surface area contributed by atoms with Gasteiger partial charge in [-0.25, -0.2) is 0 Å². The minimum atomic E-state index is -1.57. The van der Waals surface area contributed by atoms with Crippen LogP contribution in [0.25, 0.3) is 0 Å². The van der Waals surface area contributed by atoms with E-state index < -0.39 is 49.5 Å². The van der Waals surface area contributed by atoms with Gasteiger partial charge in [-0.2, -0.15) is 0 Å². The third-order valence-corrected chi connectivity index (χ3v) is 6.21. The molecule has 7 atom stereocenters. The standard InChI is InChI=1S/C25H34O10/c26-13-21-22(31)23(32)24(33)25(35-21)34-18(9-4-14-1-6-16(27)7-2-14)12-17(28)8-3-15-5-10-19(29)20(30)11-15/h1-2,5-7,10-11,17-18,21-33H,3-4,8-9,12-13H2/t17-,18-,21-,22-,23+,24-,25-/m1/s1. The van der Waals surface area contributed by atoms with Crippen molar-refractivity contribution in [3.8, 4) is 17.2 Å². The Bertz CT molecular complexity index is 919. The normalized spacial score (nSPS) is 26.4. The summed E-state index contributed by atoms with van der Waals surface area (Å²) >= 11 is 0. The lowest BCUT2D eigenvalue weighted by molar-refractivity contribution is -0.313. The van der Waals surface area contributed by atoms with Crippen molar-refractivity contribution in [1.29, 1.82) is 0 Å². The monoisotopic (exact) mass is 494 g/mol. The second kappa shape index (κ2) is 12.5. The van der Waals surface area contributed by atoms with E-state index in [-0.39, 0.29) is 23.7 Å². The molecule has 0 bridgehead atoms. The highest BCUT2D eigenvalue weighted by Gasteiger charge is 2.44. The molecule has 2 aromatic rings. The van der Waals surface area contributed by atoms with Crippen LogP contribution in [-0.2, 0) is 22.3 Å². The molecule has 0 aromatic heterocycles. The van der Waals surface area contributed by atoms with E-state index in [1.807, 2.05) is 0 Å². The molecule has 8 N–H and O–H groups in total. The van der Waals surface area contributed by atoms with E-state index in [9.17, 15) is 40.9 Å². The van der Waals surface area contributed by atoms with Crippen LogP contribution in [0.2, 0.25) is 0 Å². The van der Waals surface area contributed by atoms with Crippen LogP contribution < -0.4 is 0 Å². The first kappa shape index (κ1) is 27.2. The van der Waals surface area contributed by atoms with Gasteiger partial charge in [0.15, 0.2) is 17.8 Å². The Morgan fingerprint density at radius 2 is 1.46 bits per heavy atom. The third-order valence-electron chi connectivity index (χ3n) is 6.21. The summed E-state index contributed by atoms with van der Waals surface area (Å²) in [6.45, 7) is -0.578. The molecular formula is C25H34O10. The van der Waals surface area contributed by atoms with Gasteiger partial charge in [0.05, 0.1) is 18.8 Å². The first-order chi connectivity index (χ1) is 16.7. The molecule has 194 valence electrons. The van der Waals surface area contributed by atoms with Crippen LogP contribution in [0, 0.1) is 0 Å². The first-order valence-corrected chi connectivity index (χ1v) is 11.6. The van der Waals surface area contributed by atoms with Crippen LogP contribution in [0.3, 0.4) is 0 Å². The first-order valence-electron chi connectivity index (χ1n) is 11.6. The number of hydrogen-bond donors (Lipinski definition) is 8. The summed E-state index contributed by atoms with van der Waals surface area (Å²) in [5.41, 5.74) is 1.65. The van der Waals surface area contributed by atoms with Crippen LogP contribution >= 0.6 is 0 Å². The summed E-state index contributed by atoms with van der Waals surface area (Å²) in [6.07, 6.45) is -6.63. The number of rotatable bonds is 11. The fraction of sp³-hybridized carbons (Fsp3) is 0.520. The number of aryl methyl sites for hydroxylation is 2. The molecule has 1 fully saturated rings. The van der Waals surface area contributed by atoms with Crippen LogP contribution in [0.15, 0.2) is 42.5 Å². The summed E-state index contributed by atoms with van der Waals surface area (Å²) in [5.74, 6) is -0.329. The van der Waals surface area contributed by atoms with Crippen molar-refractivity contribution in [1.82, 2.24) is 0 Å². The Hall–Kier alpha value is -2.44. The number of aromatic hydroxyl groups is 3. The number of phenolic OH excluding ortho intramolecular Hbond substituents is 3. The third kappa shape index (κ3) is 7.52. The Morgan fingerprint density at radius 1 is 0.800 bits per heavy atom. The molecule has 0 aliphatic carbocycles. The molecule has 1 aliphatic rings. The summed E-state index contributed by atoms with van der Waals surface area (Å²) in [6, 6.07) is 11.1. The fourth-order valence-corrected chi connectivity index (χ4v) is 4.08. The SMILES string of the molecule is OC[C@H]1O[C@@H](O[C@H](CCc2ccc(O)cc2)C[C@H](O)CCc2ccc(O)c(O)c2)[C@H](O)[C@@H](O)[C@@H]1O. The molecule has 10 nitrogen and oxygen atoms in total. The smallest absolute Gasteiger partial charge is 0.186 e. The quantitative estimate of drug-likeness (QED) is 0.203. The minimum Gasteiger partial charge on any atom is -0.508 e. The van der Waals surface area contributed by atoms with Gasteiger partial charge in [-0.15, -0.1) is 0 Å². The van der Waals surface area contributed by atoms with E-state index in [0.29, 0.717) is 25.7 Å². The molecule has 0 radical (unpaired) electrons. The molecule has 3 rings (SSSR count). The maximum absolute atomic E-state index is 10.7. The van der Waals surface area contributed by atoms with E-state index in [2.05, 4.69) is 0 Å². The van der Waals surface area contributed by atoms with E-state index in [1.165, 1.54) is 12.1 Å². The maximum Gasteiger partial charge on any atom is 0.186 e. The van der Waals surface area contributed by atoms with Gasteiger partial charge in [0.25, 0.3) is 0 Å². The molecule has 0 unspecified atom stereocenters. The number of aliphatic hydroxyl groups is 5. The Labute approximate surface area is 203 Å². The van der Waals surface area contributed by atoms with E-state index >= 15 is 0 Å². The number of phenols is 3. The second-order valence-electron chi connectivity index (χ2n) is 8.91. The van der Waals surface area contributed by atoms with Gasteiger partial charge in [-0.3, -0.25) is 0 Å². The fourth-order valence-electron chi connectivity index (χ4n) is 4.08. The summed E-state index contributed by atoms with van der Waals surface area (Å²) in [4.78, 5) is 0. The molecule has 0 saturated carbocycles. The van der Waals surface area contributed by atoms with Crippen LogP contribution in [0.1, 0.15) is 30.4 Å². The highest BCUT2D eigenvalue weighted by atomic mass is 16.7. The Morgan fingerprint density at radius 3 is 2.11 bits per heavy atom. The molecule has 35 heavy (non-hydrogen) atoms. The van der Waals surface area contributed by atoms with Crippen molar-refractivity contribution in [3.05, 3.63) is 53.6 Å². The molecule has 0 spiro atoms. The number of benzene rings is 2. The number of hydrogen-bond acceptors (Lipinski definition) is 10. The van der Waals surface area contributed by atoms with Crippen LogP contribution in [0.4, 0.5) is 0 Å². The number of aliphatic hydroxyl groups excluding tert-OH is 5. The molecule has 2 aromatic carbocycles. The molecule has 0 amide bonds. The van der Waals surface area contributed by atoms with Crippen LogP contribution in [-0.4, -0.2) is 90.4 Å². The zero-order valence-electron chi connectivity index (χ0n) is 19.2. The van der Waals surface area contributed by atoms with Crippen molar-refractivity contribution in [2.45, 2.75) is 75.0 Å². The predicted molar refractivity (Wildman–Crippen MR) is 124 cm³/mol. The van der Waals surface area contributed by atoms with Gasteiger partial charge in [0, 0.05) is 0 Å². The van der Waals surface area contributed by atoms with E-state index in [0.717, 1.165) is 11.1 Å². The van der Waals surface area contributed by atoms with Crippen molar-refractivity contribution < 1.29 is 50.3 Å². The van der Waals surface area contributed by atoms with Crippen molar-refractivity contribution in [2.24, 2.45) is 0 Å². The summed E-state index contributed by atoms with van der Waals surface area (Å²) in [5, 5.41) is 79.1. The van der Waals surface area contributed by atoms with Gasteiger partial charge < -0.3 is 50.3 Å². The largest absolute Gasteiger partial charge is 0.508 e. The summed E-state index contributed by atoms with van der Waals surface area (Å²) in [7, 11) is 0. The molecular weight excluding hydrogens is 460 g/mol. The average Bonchev–Trinajstić information content (AvgIpc) is 2.84. The van der Waals surface area contributed by atoms with Crippen molar-refractivity contribution in [2.75, 3.05) is 6.61 Å². The van der Waals surface area contributed by atoms with Crippen LogP contribution in [0.5, 0.6) is 17.2 Å². The predicted octanol–water partition coefficient (Wildman–Crippen LogP) is 0.305. The average molecular weight is 495 g/mol. The van der Waals surface area contributed by atoms with Gasteiger partial charge in [0.1, 0.15) is 30.2 Å². The lowest BCUT2D eigenvalue weighted by atomic mass is 9.97. The molecule has 10 heteroatoms. The molecule has 1 aliphatic heterocycles. The Kier molecular flexibility index (Phi) is 9.70. The highest BCUT2D eigenvalue weighted by molar-refractivity contribution is 5.40. The zero-order chi connectivity index (χ0) is 25.5. The van der Waals surface area contributed by atoms with Gasteiger partial charge in [0.2, 0.25) is 0 Å². The maximum atomic E-state index is 10.7. The topological polar surface area (TPSA) is 180 Å². The molecule has 1 saturated heterocycles. The van der Waals surface area contributed by atoms with Gasteiger partial charge in [-0.1, -0.05) is 18.2 Å². The summed E-state index contributed by atoms with van der Waals surface area (Å²) < 4.78 is 11.4. The highest BCUT2D eigenvalue weighted by Crippen LogP contribution is 2.28. The van der Waals surface area contributed by atoms with Gasteiger partial charge in [-0.05, 0) is 67.5 Å². The van der Waals surface area contributed by atoms with Gasteiger partial charge >= 0.3 is 0 Å². The lowest BCUT2D eigenvalue weighted by Gasteiger charge is -2.41. The Balaban J connectivity index is 1.65. The second-order valence-corrected chi connectivity index (χ2v) is 8.91. The van der Waals surface area contributed by atoms with E-state index in [4.69, 9.17) is 9.47 Å². The minimum absolute atomic E-state index is 0.138.